The number of piperidine rings is 1. The topological polar surface area (TPSA) is 124 Å². The van der Waals surface area contributed by atoms with Crippen molar-refractivity contribution >= 4 is 29.2 Å². The van der Waals surface area contributed by atoms with Crippen LogP contribution >= 0.6 is 0 Å². The van der Waals surface area contributed by atoms with Crippen LogP contribution in [0.2, 0.25) is 0 Å². The minimum atomic E-state index is -0.482. The number of hydrogen-bond acceptors (Lipinski definition) is 7. The molecule has 3 fully saturated rings. The molecule has 3 amide bonds. The monoisotopic (exact) mass is 557 g/mol. The highest BCUT2D eigenvalue weighted by molar-refractivity contribution is 6.01. The minimum Gasteiger partial charge on any atom is -0.497 e. The lowest BCUT2D eigenvalue weighted by atomic mass is 9.74. The van der Waals surface area contributed by atoms with Gasteiger partial charge in [0.25, 0.3) is 5.91 Å². The Morgan fingerprint density at radius 1 is 1.12 bits per heavy atom. The molecule has 2 aromatic heterocycles. The molecule has 6 rings (SSSR count). The second kappa shape index (κ2) is 11.2. The second-order valence-corrected chi connectivity index (χ2v) is 11.1. The number of pyridine rings is 1. The number of nitrogens with zero attached hydrogens (tertiary/aromatic N) is 5. The highest BCUT2D eigenvalue weighted by Crippen LogP contribution is 2.44. The summed E-state index contributed by atoms with van der Waals surface area (Å²) in [5.74, 6) is 1.47. The van der Waals surface area contributed by atoms with E-state index in [-0.39, 0.29) is 23.1 Å². The second-order valence-electron chi connectivity index (χ2n) is 11.1. The lowest BCUT2D eigenvalue weighted by Crippen LogP contribution is -2.51. The number of ether oxygens (including phenoxy) is 1. The Kier molecular flexibility index (Phi) is 7.34. The van der Waals surface area contributed by atoms with Crippen LogP contribution in [0.1, 0.15) is 32.1 Å². The summed E-state index contributed by atoms with van der Waals surface area (Å²) in [6.45, 7) is 2.86. The fourth-order valence-electron chi connectivity index (χ4n) is 6.29. The third kappa shape index (κ3) is 5.36. The van der Waals surface area contributed by atoms with E-state index in [2.05, 4.69) is 20.5 Å². The van der Waals surface area contributed by atoms with Crippen molar-refractivity contribution in [1.29, 1.82) is 0 Å². The molecular formula is C30H35N7O4. The first-order chi connectivity index (χ1) is 20.0. The summed E-state index contributed by atoms with van der Waals surface area (Å²) in [6, 6.07) is 10.9. The van der Waals surface area contributed by atoms with Gasteiger partial charge in [0.2, 0.25) is 11.8 Å². The standard InChI is InChI=1S/C30H35N7O4/c1-41-24-5-2-4-23(16-24)34-28-29(40)37(25-8-7-21(17-31-25)22-18-32-33-19-22)20-30(28)10-14-36(15-11-30)27(39)9-13-35-12-3-6-26(35)38/h2,4-5,7-8,16-19,28,34H,3,6,9-15,20H2,1H3,(H,32,33). The number of nitrogens with one attached hydrogen (secondary N) is 2. The van der Waals surface area contributed by atoms with Gasteiger partial charge in [0.15, 0.2) is 0 Å². The van der Waals surface area contributed by atoms with E-state index in [9.17, 15) is 14.4 Å². The molecule has 11 nitrogen and oxygen atoms in total. The Hall–Kier alpha value is -4.41. The number of aromatic nitrogens is 3. The van der Waals surface area contributed by atoms with E-state index in [1.165, 1.54) is 0 Å². The summed E-state index contributed by atoms with van der Waals surface area (Å²) >= 11 is 0. The van der Waals surface area contributed by atoms with Crippen molar-refractivity contribution in [2.24, 2.45) is 5.41 Å². The van der Waals surface area contributed by atoms with Crippen LogP contribution in [-0.4, -0.2) is 88.6 Å². The normalized spacial score (nSPS) is 20.2. The molecule has 3 aliphatic rings. The van der Waals surface area contributed by atoms with Crippen molar-refractivity contribution in [3.63, 3.8) is 0 Å². The maximum atomic E-state index is 14.0. The molecule has 1 atom stereocenters. The molecule has 1 aromatic carbocycles. The quantitative estimate of drug-likeness (QED) is 0.437. The predicted octanol–water partition coefficient (Wildman–Crippen LogP) is 2.93. The summed E-state index contributed by atoms with van der Waals surface area (Å²) in [4.78, 5) is 49.1. The third-order valence-corrected chi connectivity index (χ3v) is 8.71. The summed E-state index contributed by atoms with van der Waals surface area (Å²) in [5, 5.41) is 10.3. The number of likely N-dealkylation sites (tertiary alicyclic amines) is 2. The average molecular weight is 558 g/mol. The van der Waals surface area contributed by atoms with E-state index < -0.39 is 6.04 Å². The van der Waals surface area contributed by atoms with Crippen LogP contribution in [0, 0.1) is 5.41 Å². The highest BCUT2D eigenvalue weighted by atomic mass is 16.5. The van der Waals surface area contributed by atoms with E-state index in [1.807, 2.05) is 41.3 Å². The van der Waals surface area contributed by atoms with Crippen LogP contribution < -0.4 is 15.0 Å². The van der Waals surface area contributed by atoms with Gasteiger partial charge in [-0.25, -0.2) is 4.98 Å². The molecule has 1 spiro atoms. The van der Waals surface area contributed by atoms with E-state index in [0.717, 1.165) is 29.8 Å². The summed E-state index contributed by atoms with van der Waals surface area (Å²) < 4.78 is 5.40. The van der Waals surface area contributed by atoms with Crippen molar-refractivity contribution in [3.05, 3.63) is 55.0 Å². The maximum absolute atomic E-state index is 14.0. The first-order valence-electron chi connectivity index (χ1n) is 14.2. The molecule has 3 aliphatic heterocycles. The number of carbonyl (C=O) groups is 3. The van der Waals surface area contributed by atoms with Crippen LogP contribution in [0.15, 0.2) is 55.0 Å². The van der Waals surface area contributed by atoms with E-state index in [0.29, 0.717) is 63.4 Å². The van der Waals surface area contributed by atoms with Crippen molar-refractivity contribution in [2.45, 2.75) is 38.1 Å². The number of hydrogen-bond donors (Lipinski definition) is 2. The number of methoxy groups -OCH3 is 1. The summed E-state index contributed by atoms with van der Waals surface area (Å²) in [5.41, 5.74) is 2.27. The Balaban J connectivity index is 1.20. The number of anilines is 2. The highest BCUT2D eigenvalue weighted by Gasteiger charge is 2.54. The summed E-state index contributed by atoms with van der Waals surface area (Å²) in [6.07, 6.45) is 8.44. The third-order valence-electron chi connectivity index (χ3n) is 8.71. The van der Waals surface area contributed by atoms with Gasteiger partial charge < -0.3 is 19.9 Å². The van der Waals surface area contributed by atoms with Crippen LogP contribution in [0.5, 0.6) is 5.75 Å². The number of rotatable bonds is 8. The summed E-state index contributed by atoms with van der Waals surface area (Å²) in [7, 11) is 1.62. The van der Waals surface area contributed by atoms with Gasteiger partial charge in [0, 0.05) is 86.3 Å². The van der Waals surface area contributed by atoms with Gasteiger partial charge in [0.1, 0.15) is 17.6 Å². The predicted molar refractivity (Wildman–Crippen MR) is 153 cm³/mol. The van der Waals surface area contributed by atoms with Crippen LogP contribution in [0.4, 0.5) is 11.5 Å². The zero-order valence-corrected chi connectivity index (χ0v) is 23.2. The van der Waals surface area contributed by atoms with Gasteiger partial charge in [0.05, 0.1) is 13.3 Å². The van der Waals surface area contributed by atoms with Crippen LogP contribution in [-0.2, 0) is 14.4 Å². The number of aromatic amines is 1. The first kappa shape index (κ1) is 26.8. The molecule has 41 heavy (non-hydrogen) atoms. The fraction of sp³-hybridized carbons (Fsp3) is 0.433. The number of benzene rings is 1. The zero-order valence-electron chi connectivity index (χ0n) is 23.2. The maximum Gasteiger partial charge on any atom is 0.251 e. The van der Waals surface area contributed by atoms with Crippen LogP contribution in [0.3, 0.4) is 0 Å². The Morgan fingerprint density at radius 2 is 1.98 bits per heavy atom. The van der Waals surface area contributed by atoms with Gasteiger partial charge in [-0.05, 0) is 43.5 Å². The lowest BCUT2D eigenvalue weighted by molar-refractivity contribution is -0.134. The molecule has 2 N–H and O–H groups in total. The number of amides is 3. The molecule has 3 saturated heterocycles. The SMILES string of the molecule is COc1cccc(NC2C(=O)N(c3ccc(-c4cn[nH]c4)cn3)CC23CCN(C(=O)CCN2CCCC2=O)CC3)c1. The molecule has 0 saturated carbocycles. The van der Waals surface area contributed by atoms with Gasteiger partial charge in [-0.15, -0.1) is 0 Å². The molecule has 0 aliphatic carbocycles. The lowest BCUT2D eigenvalue weighted by Gasteiger charge is -2.42. The van der Waals surface area contributed by atoms with Crippen molar-refractivity contribution in [3.8, 4) is 16.9 Å². The zero-order chi connectivity index (χ0) is 28.4. The van der Waals surface area contributed by atoms with Crippen molar-refractivity contribution < 1.29 is 19.1 Å². The Morgan fingerprint density at radius 3 is 2.66 bits per heavy atom. The van der Waals surface area contributed by atoms with E-state index in [1.54, 1.807) is 35.5 Å². The minimum absolute atomic E-state index is 0.0382. The molecule has 11 heteroatoms. The molecule has 214 valence electrons. The molecule has 5 heterocycles. The number of H-pyrrole nitrogens is 1. The van der Waals surface area contributed by atoms with Gasteiger partial charge in [-0.2, -0.15) is 5.10 Å². The van der Waals surface area contributed by atoms with Crippen molar-refractivity contribution in [1.82, 2.24) is 25.0 Å². The Labute approximate surface area is 238 Å². The van der Waals surface area contributed by atoms with E-state index >= 15 is 0 Å². The molecule has 3 aromatic rings. The number of carbonyl (C=O) groups excluding carboxylic acids is 3. The molecule has 0 bridgehead atoms. The van der Waals surface area contributed by atoms with E-state index in [4.69, 9.17) is 4.74 Å². The van der Waals surface area contributed by atoms with Crippen LogP contribution in [0.25, 0.3) is 11.1 Å². The van der Waals surface area contributed by atoms with Crippen molar-refractivity contribution in [2.75, 3.05) is 50.1 Å². The van der Waals surface area contributed by atoms with Gasteiger partial charge in [-0.3, -0.25) is 24.4 Å². The molecule has 0 radical (unpaired) electrons. The molecule has 1 unspecified atom stereocenters. The van der Waals surface area contributed by atoms with Gasteiger partial charge >= 0.3 is 0 Å². The largest absolute Gasteiger partial charge is 0.497 e. The smallest absolute Gasteiger partial charge is 0.251 e. The average Bonchev–Trinajstić information content (AvgIpc) is 3.74. The fourth-order valence-corrected chi connectivity index (χ4v) is 6.29. The first-order valence-corrected chi connectivity index (χ1v) is 14.2. The Bertz CT molecular complexity index is 1400. The van der Waals surface area contributed by atoms with Gasteiger partial charge in [-0.1, -0.05) is 6.07 Å². The molecular weight excluding hydrogens is 522 g/mol.